The highest BCUT2D eigenvalue weighted by atomic mass is 32.1. The zero-order valence-electron chi connectivity index (χ0n) is 10.5. The van der Waals surface area contributed by atoms with E-state index in [4.69, 9.17) is 4.74 Å². The summed E-state index contributed by atoms with van der Waals surface area (Å²) in [5, 5.41) is 5.39. The zero-order chi connectivity index (χ0) is 12.4. The third-order valence-electron chi connectivity index (χ3n) is 3.00. The first-order valence-corrected chi connectivity index (χ1v) is 7.22. The van der Waals surface area contributed by atoms with E-state index in [2.05, 4.69) is 35.0 Å². The Morgan fingerprint density at radius 1 is 1.28 bits per heavy atom. The van der Waals surface area contributed by atoms with Crippen LogP contribution in [0.5, 0.6) is 5.75 Å². The molecule has 0 unspecified atom stereocenters. The van der Waals surface area contributed by atoms with Crippen LogP contribution in [0.4, 0.5) is 0 Å². The van der Waals surface area contributed by atoms with Crippen LogP contribution in [0.2, 0.25) is 0 Å². The monoisotopic (exact) mass is 259 g/mol. The lowest BCUT2D eigenvalue weighted by molar-refractivity contribution is 0.303. The van der Waals surface area contributed by atoms with Crippen LogP contribution in [-0.2, 0) is 6.54 Å². The van der Waals surface area contributed by atoms with E-state index in [-0.39, 0.29) is 0 Å². The van der Waals surface area contributed by atoms with E-state index < -0.39 is 0 Å². The lowest BCUT2D eigenvalue weighted by Gasteiger charge is -2.05. The van der Waals surface area contributed by atoms with Gasteiger partial charge in [-0.2, -0.15) is 0 Å². The molecule has 0 bridgehead atoms. The molecule has 0 spiro atoms. The van der Waals surface area contributed by atoms with Crippen molar-refractivity contribution in [2.24, 2.45) is 0 Å². The van der Waals surface area contributed by atoms with Crippen molar-refractivity contribution in [3.63, 3.8) is 0 Å². The van der Waals surface area contributed by atoms with Gasteiger partial charge in [0.25, 0.3) is 0 Å². The Kier molecular flexibility index (Phi) is 3.35. The molecule has 2 aromatic rings. The third kappa shape index (κ3) is 2.74. The fourth-order valence-corrected chi connectivity index (χ4v) is 2.83. The Labute approximate surface area is 112 Å². The van der Waals surface area contributed by atoms with Gasteiger partial charge in [0.1, 0.15) is 5.75 Å². The van der Waals surface area contributed by atoms with Crippen LogP contribution in [0.15, 0.2) is 35.7 Å². The topological polar surface area (TPSA) is 21.3 Å². The highest BCUT2D eigenvalue weighted by Crippen LogP contribution is 2.31. The van der Waals surface area contributed by atoms with Crippen LogP contribution in [0, 0.1) is 0 Å². The molecule has 0 saturated heterocycles. The fraction of sp³-hybridized carbons (Fsp3) is 0.333. The molecule has 1 aromatic heterocycles. The van der Waals surface area contributed by atoms with Gasteiger partial charge in [0.2, 0.25) is 0 Å². The Hall–Kier alpha value is -1.32. The van der Waals surface area contributed by atoms with Crippen LogP contribution in [0.1, 0.15) is 17.7 Å². The summed E-state index contributed by atoms with van der Waals surface area (Å²) in [6, 6.07) is 10.6. The quantitative estimate of drug-likeness (QED) is 0.884. The molecule has 3 rings (SSSR count). The van der Waals surface area contributed by atoms with E-state index in [1.54, 1.807) is 11.3 Å². The van der Waals surface area contributed by atoms with Gasteiger partial charge in [-0.15, -0.1) is 11.3 Å². The molecule has 1 aliphatic carbocycles. The normalized spacial score (nSPS) is 14.7. The maximum atomic E-state index is 5.83. The number of hydrogen-bond donors (Lipinski definition) is 1. The second-order valence-corrected chi connectivity index (χ2v) is 5.67. The van der Waals surface area contributed by atoms with Crippen molar-refractivity contribution in [2.75, 3.05) is 7.05 Å². The highest BCUT2D eigenvalue weighted by molar-refractivity contribution is 7.10. The molecule has 1 aromatic carbocycles. The molecule has 0 aliphatic heterocycles. The van der Waals surface area contributed by atoms with Crippen molar-refractivity contribution < 1.29 is 4.74 Å². The van der Waals surface area contributed by atoms with Crippen molar-refractivity contribution >= 4 is 11.3 Å². The summed E-state index contributed by atoms with van der Waals surface area (Å²) in [6.45, 7) is 0.933. The van der Waals surface area contributed by atoms with Crippen molar-refractivity contribution in [3.8, 4) is 16.9 Å². The average Bonchev–Trinajstić information content (AvgIpc) is 3.06. The second kappa shape index (κ2) is 5.12. The van der Waals surface area contributed by atoms with E-state index in [0.29, 0.717) is 6.10 Å². The summed E-state index contributed by atoms with van der Waals surface area (Å²) in [5.41, 5.74) is 2.53. The Balaban J connectivity index is 1.80. The minimum absolute atomic E-state index is 0.461. The summed E-state index contributed by atoms with van der Waals surface area (Å²) >= 11 is 1.80. The van der Waals surface area contributed by atoms with Gasteiger partial charge in [-0.1, -0.05) is 12.1 Å². The number of rotatable bonds is 5. The van der Waals surface area contributed by atoms with Crippen molar-refractivity contribution in [3.05, 3.63) is 40.6 Å². The van der Waals surface area contributed by atoms with Gasteiger partial charge in [-0.05, 0) is 54.6 Å². The van der Waals surface area contributed by atoms with Gasteiger partial charge in [0, 0.05) is 11.4 Å². The molecule has 1 fully saturated rings. The van der Waals surface area contributed by atoms with E-state index in [1.165, 1.54) is 28.8 Å². The summed E-state index contributed by atoms with van der Waals surface area (Å²) < 4.78 is 5.83. The molecule has 94 valence electrons. The van der Waals surface area contributed by atoms with Crippen LogP contribution in [0.3, 0.4) is 0 Å². The Morgan fingerprint density at radius 2 is 2.17 bits per heavy atom. The molecule has 0 atom stereocenters. The standard InChI is InChI=1S/C15H17NOS/c1-16-9-15-8-12(10-18-15)11-3-2-4-14(7-11)17-13-5-6-13/h2-4,7-8,10,13,16H,5-6,9H2,1H3. The Bertz CT molecular complexity index is 531. The largest absolute Gasteiger partial charge is 0.490 e. The van der Waals surface area contributed by atoms with Gasteiger partial charge in [0.05, 0.1) is 6.10 Å². The predicted molar refractivity (Wildman–Crippen MR) is 76.2 cm³/mol. The molecule has 1 heterocycles. The average molecular weight is 259 g/mol. The van der Waals surface area contributed by atoms with E-state index in [1.807, 2.05) is 13.1 Å². The van der Waals surface area contributed by atoms with Gasteiger partial charge in [0.15, 0.2) is 0 Å². The highest BCUT2D eigenvalue weighted by Gasteiger charge is 2.23. The van der Waals surface area contributed by atoms with Crippen molar-refractivity contribution in [2.45, 2.75) is 25.5 Å². The first-order chi connectivity index (χ1) is 8.85. The molecule has 18 heavy (non-hydrogen) atoms. The van der Waals surface area contributed by atoms with Gasteiger partial charge >= 0.3 is 0 Å². The zero-order valence-corrected chi connectivity index (χ0v) is 11.3. The summed E-state index contributed by atoms with van der Waals surface area (Å²) in [7, 11) is 1.98. The lowest BCUT2D eigenvalue weighted by Crippen LogP contribution is -2.02. The summed E-state index contributed by atoms with van der Waals surface area (Å²) in [6.07, 6.45) is 2.87. The molecule has 1 aliphatic rings. The number of benzene rings is 1. The number of ether oxygens (including phenoxy) is 1. The van der Waals surface area contributed by atoms with Gasteiger partial charge in [-0.3, -0.25) is 0 Å². The molecule has 0 amide bonds. The first kappa shape index (κ1) is 11.8. The molecular formula is C15H17NOS. The van der Waals surface area contributed by atoms with Crippen molar-refractivity contribution in [1.82, 2.24) is 5.32 Å². The molecule has 2 nitrogen and oxygen atoms in total. The second-order valence-electron chi connectivity index (χ2n) is 4.68. The van der Waals surface area contributed by atoms with Crippen LogP contribution in [-0.4, -0.2) is 13.2 Å². The maximum absolute atomic E-state index is 5.83. The number of nitrogens with one attached hydrogen (secondary N) is 1. The minimum Gasteiger partial charge on any atom is -0.490 e. The Morgan fingerprint density at radius 3 is 2.94 bits per heavy atom. The molecule has 1 N–H and O–H groups in total. The predicted octanol–water partition coefficient (Wildman–Crippen LogP) is 3.68. The molecule has 3 heteroatoms. The van der Waals surface area contributed by atoms with Gasteiger partial charge < -0.3 is 10.1 Å². The van der Waals surface area contributed by atoms with E-state index in [0.717, 1.165) is 12.3 Å². The van der Waals surface area contributed by atoms with Crippen LogP contribution in [0.25, 0.3) is 11.1 Å². The lowest BCUT2D eigenvalue weighted by atomic mass is 10.1. The molecular weight excluding hydrogens is 242 g/mol. The maximum Gasteiger partial charge on any atom is 0.120 e. The molecule has 1 saturated carbocycles. The van der Waals surface area contributed by atoms with Crippen LogP contribution >= 0.6 is 11.3 Å². The fourth-order valence-electron chi connectivity index (χ4n) is 1.93. The number of thiophene rings is 1. The smallest absolute Gasteiger partial charge is 0.120 e. The SMILES string of the molecule is CNCc1cc(-c2cccc(OC3CC3)c2)cs1. The van der Waals surface area contributed by atoms with E-state index in [9.17, 15) is 0 Å². The molecule has 0 radical (unpaired) electrons. The van der Waals surface area contributed by atoms with Gasteiger partial charge in [-0.25, -0.2) is 0 Å². The minimum atomic E-state index is 0.461. The summed E-state index contributed by atoms with van der Waals surface area (Å²) in [5.74, 6) is 0.997. The number of hydrogen-bond acceptors (Lipinski definition) is 3. The first-order valence-electron chi connectivity index (χ1n) is 6.34. The third-order valence-corrected chi connectivity index (χ3v) is 3.94. The van der Waals surface area contributed by atoms with Crippen LogP contribution < -0.4 is 10.1 Å². The van der Waals surface area contributed by atoms with Crippen molar-refractivity contribution in [1.29, 1.82) is 0 Å². The summed E-state index contributed by atoms with van der Waals surface area (Å²) in [4.78, 5) is 1.36. The van der Waals surface area contributed by atoms with E-state index >= 15 is 0 Å².